The van der Waals surface area contributed by atoms with Crippen LogP contribution in [-0.2, 0) is 17.7 Å². The normalized spacial score (nSPS) is 18.7. The van der Waals surface area contributed by atoms with Crippen molar-refractivity contribution in [2.75, 3.05) is 33.4 Å². The van der Waals surface area contributed by atoms with E-state index in [1.165, 1.54) is 16.7 Å². The number of hydrogen-bond donors (Lipinski definition) is 1. The molecule has 0 aromatic heterocycles. The first-order valence-electron chi connectivity index (χ1n) is 8.15. The van der Waals surface area contributed by atoms with E-state index in [4.69, 9.17) is 4.74 Å². The highest BCUT2D eigenvalue weighted by atomic mass is 16.5. The van der Waals surface area contributed by atoms with Gasteiger partial charge in [0.25, 0.3) is 0 Å². The second-order valence-corrected chi connectivity index (χ2v) is 5.85. The summed E-state index contributed by atoms with van der Waals surface area (Å²) in [5.41, 5.74) is 4.39. The average Bonchev–Trinajstić information content (AvgIpc) is 2.59. The van der Waals surface area contributed by atoms with Crippen LogP contribution in [0.3, 0.4) is 0 Å². The molecule has 22 heavy (non-hydrogen) atoms. The summed E-state index contributed by atoms with van der Waals surface area (Å²) >= 11 is 0. The van der Waals surface area contributed by atoms with Crippen molar-refractivity contribution in [3.63, 3.8) is 0 Å². The van der Waals surface area contributed by atoms with Crippen LogP contribution in [0.25, 0.3) is 0 Å². The summed E-state index contributed by atoms with van der Waals surface area (Å²) in [6.45, 7) is 4.56. The van der Waals surface area contributed by atoms with Gasteiger partial charge in [-0.2, -0.15) is 0 Å². The fourth-order valence-corrected chi connectivity index (χ4v) is 3.14. The summed E-state index contributed by atoms with van der Waals surface area (Å²) in [7, 11) is 1.87. The number of guanidine groups is 1. The fraction of sp³-hybridized carbons (Fsp3) is 0.500. The number of fused-ring (bicyclic) bond motifs is 1. The monoisotopic (exact) mass is 299 g/mol. The molecular weight excluding hydrogens is 274 g/mol. The lowest BCUT2D eigenvalue weighted by Crippen LogP contribution is -2.44. The summed E-state index contributed by atoms with van der Waals surface area (Å²) < 4.78 is 5.35. The Morgan fingerprint density at radius 1 is 1.27 bits per heavy atom. The molecule has 0 bridgehead atoms. The SMILES string of the molecule is CN=C(NCCC1=CCOCC1)N1CCc2ccccc2C1. The molecule has 0 saturated carbocycles. The Kier molecular flexibility index (Phi) is 5.11. The largest absolute Gasteiger partial charge is 0.377 e. The van der Waals surface area contributed by atoms with Crippen LogP contribution in [0.15, 0.2) is 40.9 Å². The molecule has 118 valence electrons. The van der Waals surface area contributed by atoms with E-state index in [1.54, 1.807) is 0 Å². The quantitative estimate of drug-likeness (QED) is 0.529. The maximum Gasteiger partial charge on any atom is 0.193 e. The Morgan fingerprint density at radius 2 is 2.14 bits per heavy atom. The average molecular weight is 299 g/mol. The summed E-state index contributed by atoms with van der Waals surface area (Å²) in [6, 6.07) is 8.71. The van der Waals surface area contributed by atoms with Crippen molar-refractivity contribution in [1.82, 2.24) is 10.2 Å². The van der Waals surface area contributed by atoms with Crippen LogP contribution in [0.1, 0.15) is 24.0 Å². The third-order valence-electron chi connectivity index (χ3n) is 4.43. The molecule has 2 aliphatic heterocycles. The van der Waals surface area contributed by atoms with Gasteiger partial charge in [0.15, 0.2) is 5.96 Å². The maximum absolute atomic E-state index is 5.35. The van der Waals surface area contributed by atoms with Crippen molar-refractivity contribution >= 4 is 5.96 Å². The summed E-state index contributed by atoms with van der Waals surface area (Å²) in [4.78, 5) is 6.80. The van der Waals surface area contributed by atoms with Gasteiger partial charge in [-0.3, -0.25) is 4.99 Å². The summed E-state index contributed by atoms with van der Waals surface area (Å²) in [5, 5.41) is 3.51. The second-order valence-electron chi connectivity index (χ2n) is 5.85. The van der Waals surface area contributed by atoms with E-state index >= 15 is 0 Å². The fourth-order valence-electron chi connectivity index (χ4n) is 3.14. The van der Waals surface area contributed by atoms with Gasteiger partial charge in [0.1, 0.15) is 0 Å². The van der Waals surface area contributed by atoms with Crippen LogP contribution in [-0.4, -0.2) is 44.2 Å². The number of hydrogen-bond acceptors (Lipinski definition) is 2. The minimum atomic E-state index is 0.771. The van der Waals surface area contributed by atoms with Crippen LogP contribution in [0.2, 0.25) is 0 Å². The van der Waals surface area contributed by atoms with Gasteiger partial charge in [-0.1, -0.05) is 35.9 Å². The predicted octanol–water partition coefficient (Wildman–Crippen LogP) is 2.36. The Hall–Kier alpha value is -1.81. The first kappa shape index (κ1) is 15.1. The second kappa shape index (κ2) is 7.45. The highest BCUT2D eigenvalue weighted by molar-refractivity contribution is 5.80. The van der Waals surface area contributed by atoms with Crippen molar-refractivity contribution < 1.29 is 4.74 Å². The van der Waals surface area contributed by atoms with E-state index in [-0.39, 0.29) is 0 Å². The number of rotatable bonds is 3. The zero-order chi connectivity index (χ0) is 15.2. The van der Waals surface area contributed by atoms with Crippen molar-refractivity contribution in [3.8, 4) is 0 Å². The number of nitrogens with zero attached hydrogens (tertiary/aromatic N) is 2. The van der Waals surface area contributed by atoms with Crippen molar-refractivity contribution in [3.05, 3.63) is 47.0 Å². The van der Waals surface area contributed by atoms with Gasteiger partial charge in [0.05, 0.1) is 13.2 Å². The molecule has 1 aromatic rings. The minimum absolute atomic E-state index is 0.771. The molecule has 3 rings (SSSR count). The summed E-state index contributed by atoms with van der Waals surface area (Å²) in [5.74, 6) is 1.02. The molecule has 0 saturated heterocycles. The Labute approximate surface area is 132 Å². The van der Waals surface area contributed by atoms with E-state index in [1.807, 2.05) is 7.05 Å². The topological polar surface area (TPSA) is 36.9 Å². The minimum Gasteiger partial charge on any atom is -0.377 e. The molecule has 0 aliphatic carbocycles. The Bertz CT molecular complexity index is 565. The lowest BCUT2D eigenvalue weighted by Gasteiger charge is -2.31. The molecule has 0 spiro atoms. The lowest BCUT2D eigenvalue weighted by atomic mass is 10.0. The number of benzene rings is 1. The molecular formula is C18H25N3O. The highest BCUT2D eigenvalue weighted by Gasteiger charge is 2.18. The van der Waals surface area contributed by atoms with Gasteiger partial charge < -0.3 is 15.0 Å². The van der Waals surface area contributed by atoms with Gasteiger partial charge >= 0.3 is 0 Å². The lowest BCUT2D eigenvalue weighted by molar-refractivity contribution is 0.153. The first-order chi connectivity index (χ1) is 10.9. The number of nitrogens with one attached hydrogen (secondary N) is 1. The van der Waals surface area contributed by atoms with Crippen LogP contribution >= 0.6 is 0 Å². The zero-order valence-corrected chi connectivity index (χ0v) is 13.3. The van der Waals surface area contributed by atoms with Gasteiger partial charge in [0, 0.05) is 26.7 Å². The molecule has 4 nitrogen and oxygen atoms in total. The Morgan fingerprint density at radius 3 is 2.91 bits per heavy atom. The number of ether oxygens (including phenoxy) is 1. The van der Waals surface area contributed by atoms with Gasteiger partial charge in [-0.05, 0) is 30.4 Å². The van der Waals surface area contributed by atoms with Crippen LogP contribution in [0.5, 0.6) is 0 Å². The third kappa shape index (κ3) is 3.69. The van der Waals surface area contributed by atoms with E-state index in [0.717, 1.165) is 58.1 Å². The standard InChI is InChI=1S/C18H25N3O/c1-19-18(20-10-6-15-8-12-22-13-9-15)21-11-7-16-4-2-3-5-17(16)14-21/h2-5,8H,6-7,9-14H2,1H3,(H,19,20). The first-order valence-corrected chi connectivity index (χ1v) is 8.15. The molecule has 0 atom stereocenters. The van der Waals surface area contributed by atoms with Crippen LogP contribution in [0, 0.1) is 0 Å². The molecule has 1 aromatic carbocycles. The Balaban J connectivity index is 1.53. The highest BCUT2D eigenvalue weighted by Crippen LogP contribution is 2.18. The molecule has 0 radical (unpaired) electrons. The molecule has 4 heteroatoms. The molecule has 0 fully saturated rings. The van der Waals surface area contributed by atoms with E-state index in [0.29, 0.717) is 0 Å². The van der Waals surface area contributed by atoms with Crippen molar-refractivity contribution in [1.29, 1.82) is 0 Å². The smallest absolute Gasteiger partial charge is 0.193 e. The molecule has 2 heterocycles. The van der Waals surface area contributed by atoms with Gasteiger partial charge in [0.2, 0.25) is 0 Å². The molecule has 1 N–H and O–H groups in total. The van der Waals surface area contributed by atoms with Crippen molar-refractivity contribution in [2.45, 2.75) is 25.8 Å². The zero-order valence-electron chi connectivity index (χ0n) is 13.3. The number of aliphatic imine (C=N–C) groups is 1. The maximum atomic E-state index is 5.35. The third-order valence-corrected chi connectivity index (χ3v) is 4.43. The van der Waals surface area contributed by atoms with E-state index < -0.39 is 0 Å². The van der Waals surface area contributed by atoms with E-state index in [9.17, 15) is 0 Å². The molecule has 0 unspecified atom stereocenters. The van der Waals surface area contributed by atoms with Gasteiger partial charge in [-0.25, -0.2) is 0 Å². The van der Waals surface area contributed by atoms with Crippen molar-refractivity contribution in [2.24, 2.45) is 4.99 Å². The molecule has 0 amide bonds. The van der Waals surface area contributed by atoms with Gasteiger partial charge in [-0.15, -0.1) is 0 Å². The molecule has 2 aliphatic rings. The van der Waals surface area contributed by atoms with Crippen LogP contribution in [0.4, 0.5) is 0 Å². The predicted molar refractivity (Wildman–Crippen MR) is 90.1 cm³/mol. The van der Waals surface area contributed by atoms with Crippen LogP contribution < -0.4 is 5.32 Å². The van der Waals surface area contributed by atoms with E-state index in [2.05, 4.69) is 45.6 Å². The summed E-state index contributed by atoms with van der Waals surface area (Å²) in [6.07, 6.45) is 5.45.